The lowest BCUT2D eigenvalue weighted by Gasteiger charge is -2.34. The van der Waals surface area contributed by atoms with Gasteiger partial charge in [0.05, 0.1) is 6.61 Å². The van der Waals surface area contributed by atoms with Gasteiger partial charge < -0.3 is 15.3 Å². The van der Waals surface area contributed by atoms with E-state index >= 15 is 0 Å². The number of benzene rings is 1. The van der Waals surface area contributed by atoms with Crippen molar-refractivity contribution in [2.45, 2.75) is 38.1 Å². The van der Waals surface area contributed by atoms with Crippen molar-refractivity contribution in [3.8, 4) is 0 Å². The lowest BCUT2D eigenvalue weighted by Crippen LogP contribution is -2.45. The highest BCUT2D eigenvalue weighted by atomic mass is 19.1. The first kappa shape index (κ1) is 14.8. The van der Waals surface area contributed by atoms with E-state index in [1.807, 2.05) is 0 Å². The normalized spacial score (nSPS) is 15.9. The molecule has 0 heterocycles. The van der Waals surface area contributed by atoms with Crippen LogP contribution in [0.1, 0.15) is 32.1 Å². The van der Waals surface area contributed by atoms with Crippen molar-refractivity contribution in [1.29, 1.82) is 0 Å². The molecule has 0 atom stereocenters. The standard InChI is InChI=1S/C15H21FN2O2/c16-12-5-4-6-13(11-12)17-15(20)18(9-10-19)14-7-2-1-3-8-14/h4-6,11,14,19H,1-3,7-10H2,(H,17,20). The molecule has 5 heteroatoms. The van der Waals surface area contributed by atoms with Crippen molar-refractivity contribution >= 4 is 11.7 Å². The number of carbonyl (C=O) groups excluding carboxylic acids is 1. The van der Waals surface area contributed by atoms with Crippen molar-refractivity contribution in [2.75, 3.05) is 18.5 Å². The summed E-state index contributed by atoms with van der Waals surface area (Å²) >= 11 is 0. The molecular weight excluding hydrogens is 259 g/mol. The van der Waals surface area contributed by atoms with Crippen molar-refractivity contribution in [2.24, 2.45) is 0 Å². The van der Waals surface area contributed by atoms with Gasteiger partial charge in [0.25, 0.3) is 0 Å². The zero-order valence-electron chi connectivity index (χ0n) is 11.5. The Hall–Kier alpha value is -1.62. The van der Waals surface area contributed by atoms with Gasteiger partial charge in [-0.25, -0.2) is 9.18 Å². The first-order valence-electron chi connectivity index (χ1n) is 7.15. The Kier molecular flexibility index (Phi) is 5.35. The Labute approximate surface area is 118 Å². The summed E-state index contributed by atoms with van der Waals surface area (Å²) in [7, 11) is 0. The van der Waals surface area contributed by atoms with Crippen LogP contribution in [0.25, 0.3) is 0 Å². The second-order valence-electron chi connectivity index (χ2n) is 5.15. The van der Waals surface area contributed by atoms with Gasteiger partial charge in [0.15, 0.2) is 0 Å². The second kappa shape index (κ2) is 7.24. The van der Waals surface area contributed by atoms with Crippen LogP contribution in [-0.2, 0) is 0 Å². The molecule has 0 aliphatic heterocycles. The third-order valence-electron chi connectivity index (χ3n) is 3.69. The average molecular weight is 280 g/mol. The number of halogens is 1. The van der Waals surface area contributed by atoms with Gasteiger partial charge in [-0.2, -0.15) is 0 Å². The SMILES string of the molecule is O=C(Nc1cccc(F)c1)N(CCO)C1CCCCC1. The van der Waals surface area contributed by atoms with E-state index in [9.17, 15) is 9.18 Å². The van der Waals surface area contributed by atoms with Gasteiger partial charge in [-0.3, -0.25) is 0 Å². The van der Waals surface area contributed by atoms with E-state index in [1.54, 1.807) is 17.0 Å². The maximum Gasteiger partial charge on any atom is 0.322 e. The molecule has 1 aromatic carbocycles. The molecule has 1 aromatic rings. The highest BCUT2D eigenvalue weighted by molar-refractivity contribution is 5.89. The van der Waals surface area contributed by atoms with Gasteiger partial charge in [0.1, 0.15) is 5.82 Å². The number of rotatable bonds is 4. The van der Waals surface area contributed by atoms with Crippen LogP contribution in [0, 0.1) is 5.82 Å². The Morgan fingerprint density at radius 1 is 1.35 bits per heavy atom. The van der Waals surface area contributed by atoms with Gasteiger partial charge in [-0.05, 0) is 31.0 Å². The molecule has 2 N–H and O–H groups in total. The number of nitrogens with one attached hydrogen (secondary N) is 1. The molecule has 0 aromatic heterocycles. The van der Waals surface area contributed by atoms with E-state index in [4.69, 9.17) is 5.11 Å². The zero-order valence-corrected chi connectivity index (χ0v) is 11.5. The number of urea groups is 1. The van der Waals surface area contributed by atoms with Crippen molar-refractivity contribution in [1.82, 2.24) is 4.90 Å². The van der Waals surface area contributed by atoms with Crippen LogP contribution >= 0.6 is 0 Å². The van der Waals surface area contributed by atoms with Crippen LogP contribution in [0.2, 0.25) is 0 Å². The number of amides is 2. The number of hydrogen-bond acceptors (Lipinski definition) is 2. The zero-order chi connectivity index (χ0) is 14.4. The van der Waals surface area contributed by atoms with Gasteiger partial charge >= 0.3 is 6.03 Å². The molecule has 0 unspecified atom stereocenters. The lowest BCUT2D eigenvalue weighted by molar-refractivity contribution is 0.144. The minimum Gasteiger partial charge on any atom is -0.395 e. The lowest BCUT2D eigenvalue weighted by atomic mass is 9.94. The molecule has 1 saturated carbocycles. The quantitative estimate of drug-likeness (QED) is 0.891. The average Bonchev–Trinajstić information content (AvgIpc) is 2.45. The number of aliphatic hydroxyl groups excluding tert-OH is 1. The number of aliphatic hydroxyl groups is 1. The van der Waals surface area contributed by atoms with E-state index in [2.05, 4.69) is 5.32 Å². The minimum atomic E-state index is -0.380. The van der Waals surface area contributed by atoms with E-state index < -0.39 is 0 Å². The molecule has 4 nitrogen and oxygen atoms in total. The van der Waals surface area contributed by atoms with Crippen LogP contribution in [0.5, 0.6) is 0 Å². The van der Waals surface area contributed by atoms with Crippen molar-refractivity contribution < 1.29 is 14.3 Å². The summed E-state index contributed by atoms with van der Waals surface area (Å²) in [6, 6.07) is 5.74. The molecule has 1 aliphatic carbocycles. The number of nitrogens with zero attached hydrogens (tertiary/aromatic N) is 1. The number of anilines is 1. The first-order chi connectivity index (χ1) is 9.70. The van der Waals surface area contributed by atoms with Crippen LogP contribution < -0.4 is 5.32 Å². The Morgan fingerprint density at radius 2 is 2.10 bits per heavy atom. The predicted molar refractivity (Wildman–Crippen MR) is 76.1 cm³/mol. The van der Waals surface area contributed by atoms with E-state index in [0.29, 0.717) is 12.2 Å². The summed E-state index contributed by atoms with van der Waals surface area (Å²) in [5, 5.41) is 11.8. The summed E-state index contributed by atoms with van der Waals surface area (Å²) in [6.07, 6.45) is 5.36. The molecule has 0 spiro atoms. The summed E-state index contributed by atoms with van der Waals surface area (Å²) in [5.74, 6) is -0.380. The third-order valence-corrected chi connectivity index (χ3v) is 3.69. The molecular formula is C15H21FN2O2. The largest absolute Gasteiger partial charge is 0.395 e. The molecule has 110 valence electrons. The highest BCUT2D eigenvalue weighted by Gasteiger charge is 2.25. The second-order valence-corrected chi connectivity index (χ2v) is 5.15. The summed E-state index contributed by atoms with van der Waals surface area (Å²) in [4.78, 5) is 14.0. The number of hydrogen-bond donors (Lipinski definition) is 2. The molecule has 1 fully saturated rings. The maximum absolute atomic E-state index is 13.1. The molecule has 2 amide bonds. The molecule has 0 saturated heterocycles. The monoisotopic (exact) mass is 280 g/mol. The Morgan fingerprint density at radius 3 is 2.75 bits per heavy atom. The third kappa shape index (κ3) is 3.93. The summed E-state index contributed by atoms with van der Waals surface area (Å²) in [6.45, 7) is 0.249. The van der Waals surface area contributed by atoms with Crippen molar-refractivity contribution in [3.63, 3.8) is 0 Å². The summed E-state index contributed by atoms with van der Waals surface area (Å²) in [5.41, 5.74) is 0.439. The van der Waals surface area contributed by atoms with Crippen LogP contribution in [0.3, 0.4) is 0 Å². The molecule has 0 bridgehead atoms. The Balaban J connectivity index is 2.02. The first-order valence-corrected chi connectivity index (χ1v) is 7.15. The van der Waals surface area contributed by atoms with E-state index in [1.165, 1.54) is 18.6 Å². The fraction of sp³-hybridized carbons (Fsp3) is 0.533. The Bertz CT molecular complexity index is 447. The smallest absolute Gasteiger partial charge is 0.322 e. The minimum absolute atomic E-state index is 0.0624. The fourth-order valence-corrected chi connectivity index (χ4v) is 2.71. The fourth-order valence-electron chi connectivity index (χ4n) is 2.71. The van der Waals surface area contributed by atoms with Crippen molar-refractivity contribution in [3.05, 3.63) is 30.1 Å². The highest BCUT2D eigenvalue weighted by Crippen LogP contribution is 2.23. The van der Waals surface area contributed by atoms with Gasteiger partial charge in [-0.15, -0.1) is 0 Å². The molecule has 2 rings (SSSR count). The van der Waals surface area contributed by atoms with Crippen LogP contribution in [-0.4, -0.2) is 35.2 Å². The number of carbonyl (C=O) groups is 1. The van der Waals surface area contributed by atoms with E-state index in [-0.39, 0.29) is 24.5 Å². The van der Waals surface area contributed by atoms with Crippen LogP contribution in [0.4, 0.5) is 14.9 Å². The van der Waals surface area contributed by atoms with Crippen LogP contribution in [0.15, 0.2) is 24.3 Å². The maximum atomic E-state index is 13.1. The van der Waals surface area contributed by atoms with Gasteiger partial charge in [-0.1, -0.05) is 25.3 Å². The molecule has 20 heavy (non-hydrogen) atoms. The molecule has 1 aliphatic rings. The summed E-state index contributed by atoms with van der Waals surface area (Å²) < 4.78 is 13.1. The predicted octanol–water partition coefficient (Wildman–Crippen LogP) is 2.98. The topological polar surface area (TPSA) is 52.6 Å². The van der Waals surface area contributed by atoms with Gasteiger partial charge in [0.2, 0.25) is 0 Å². The molecule has 0 radical (unpaired) electrons. The van der Waals surface area contributed by atoms with E-state index in [0.717, 1.165) is 25.7 Å². The van der Waals surface area contributed by atoms with Gasteiger partial charge in [0, 0.05) is 18.3 Å².